The van der Waals surface area contributed by atoms with E-state index in [-0.39, 0.29) is 7.33 Å². The van der Waals surface area contributed by atoms with E-state index in [1.54, 1.807) is 0 Å². The zero-order valence-corrected chi connectivity index (χ0v) is 11.8. The summed E-state index contributed by atoms with van der Waals surface area (Å²) in [5.41, 5.74) is 5.39. The van der Waals surface area contributed by atoms with Gasteiger partial charge in [0.1, 0.15) is 0 Å². The number of hydrogen-bond donors (Lipinski definition) is 1. The van der Waals surface area contributed by atoms with E-state index >= 15 is 0 Å². The van der Waals surface area contributed by atoms with Crippen LogP contribution in [0.4, 0.5) is 0 Å². The Morgan fingerprint density at radius 1 is 1.25 bits per heavy atom. The van der Waals surface area contributed by atoms with Crippen molar-refractivity contribution in [1.29, 1.82) is 0 Å². The van der Waals surface area contributed by atoms with Crippen LogP contribution in [0.2, 0.25) is 0 Å². The lowest BCUT2D eigenvalue weighted by molar-refractivity contribution is -0.130. The van der Waals surface area contributed by atoms with E-state index in [0.29, 0.717) is 12.3 Å². The average Bonchev–Trinajstić information content (AvgIpc) is 2.26. The molecule has 0 spiro atoms. The fourth-order valence-corrected chi connectivity index (χ4v) is 1.30. The second kappa shape index (κ2) is 12.5. The maximum Gasteiger partial charge on any atom is 0.222 e. The van der Waals surface area contributed by atoms with E-state index in [4.69, 9.17) is 5.73 Å². The molecule has 0 atom stereocenters. The predicted octanol–water partition coefficient (Wildman–Crippen LogP) is 2.89. The van der Waals surface area contributed by atoms with Crippen molar-refractivity contribution in [1.82, 2.24) is 4.90 Å². The van der Waals surface area contributed by atoms with E-state index < -0.39 is 0 Å². The highest BCUT2D eigenvalue weighted by Gasteiger charge is 2.09. The van der Waals surface area contributed by atoms with Crippen LogP contribution in [0.15, 0.2) is 0 Å². The number of hydrogen-bond acceptors (Lipinski definition) is 2. The summed E-state index contributed by atoms with van der Waals surface area (Å²) in [6.45, 7) is 9.76. The molecular weight excluding hydrogens is 200 g/mol. The molecule has 0 saturated heterocycles. The van der Waals surface area contributed by atoms with Gasteiger partial charge in [0.15, 0.2) is 0 Å². The Labute approximate surface area is 103 Å². The molecule has 0 fully saturated rings. The summed E-state index contributed by atoms with van der Waals surface area (Å²) < 4.78 is 0. The van der Waals surface area contributed by atoms with Crippen molar-refractivity contribution < 1.29 is 6.22 Å². The van der Waals surface area contributed by atoms with Gasteiger partial charge in [-0.05, 0) is 25.3 Å². The van der Waals surface area contributed by atoms with Gasteiger partial charge in [0.2, 0.25) is 5.91 Å². The highest BCUT2D eigenvalue weighted by Crippen LogP contribution is 2.04. The molecular formula is C13H32N2O. The van der Waals surface area contributed by atoms with Gasteiger partial charge in [-0.2, -0.15) is 0 Å². The Morgan fingerprint density at radius 3 is 2.25 bits per heavy atom. The molecule has 0 unspecified atom stereocenters. The van der Waals surface area contributed by atoms with Gasteiger partial charge in [-0.1, -0.05) is 34.1 Å². The average molecular weight is 232 g/mol. The van der Waals surface area contributed by atoms with Gasteiger partial charge in [0.25, 0.3) is 0 Å². The van der Waals surface area contributed by atoms with Crippen LogP contribution in [-0.4, -0.2) is 30.9 Å². The second-order valence-electron chi connectivity index (χ2n) is 4.26. The molecule has 0 aliphatic carbocycles. The SMILES string of the molecule is CC.CC(C)CC(=O)N(C)CCCCCN.[HH]. The van der Waals surface area contributed by atoms with Crippen molar-refractivity contribution in [3.05, 3.63) is 0 Å². The zero-order chi connectivity index (χ0) is 13.0. The van der Waals surface area contributed by atoms with Gasteiger partial charge in [-0.3, -0.25) is 4.79 Å². The summed E-state index contributed by atoms with van der Waals surface area (Å²) in [7, 11) is 1.88. The van der Waals surface area contributed by atoms with Crippen molar-refractivity contribution in [2.24, 2.45) is 11.7 Å². The molecule has 0 aromatic heterocycles. The van der Waals surface area contributed by atoms with Crippen LogP contribution in [0.1, 0.15) is 54.8 Å². The number of carbonyl (C=O) groups excluding carboxylic acids is 1. The molecule has 0 radical (unpaired) electrons. The van der Waals surface area contributed by atoms with Crippen LogP contribution in [0, 0.1) is 5.92 Å². The molecule has 0 aliphatic rings. The second-order valence-corrected chi connectivity index (χ2v) is 4.26. The number of nitrogens with zero attached hydrogens (tertiary/aromatic N) is 1. The van der Waals surface area contributed by atoms with Crippen LogP contribution in [0.3, 0.4) is 0 Å². The number of nitrogens with two attached hydrogens (primary N) is 1. The maximum absolute atomic E-state index is 11.5. The van der Waals surface area contributed by atoms with E-state index in [1.807, 2.05) is 25.8 Å². The van der Waals surface area contributed by atoms with Crippen molar-refractivity contribution in [2.45, 2.75) is 53.4 Å². The van der Waals surface area contributed by atoms with Gasteiger partial charge < -0.3 is 10.6 Å². The van der Waals surface area contributed by atoms with E-state index in [1.165, 1.54) is 0 Å². The minimum atomic E-state index is 0. The van der Waals surface area contributed by atoms with Crippen molar-refractivity contribution in [3.8, 4) is 0 Å². The van der Waals surface area contributed by atoms with Crippen LogP contribution in [0.5, 0.6) is 0 Å². The first-order chi connectivity index (χ1) is 7.57. The van der Waals surface area contributed by atoms with E-state index in [2.05, 4.69) is 13.8 Å². The molecule has 2 N–H and O–H groups in total. The molecule has 0 rings (SSSR count). The standard InChI is InChI=1S/C11H24N2O.C2H6.H2/c1-10(2)9-11(14)13(3)8-6-4-5-7-12;1-2;/h10H,4-9,12H2,1-3H3;1-2H3;1H. The number of rotatable bonds is 7. The predicted molar refractivity (Wildman–Crippen MR) is 73.5 cm³/mol. The van der Waals surface area contributed by atoms with Crippen LogP contribution >= 0.6 is 0 Å². The topological polar surface area (TPSA) is 46.3 Å². The first kappa shape index (κ1) is 17.8. The third-order valence-electron chi connectivity index (χ3n) is 2.21. The molecule has 16 heavy (non-hydrogen) atoms. The first-order valence-electron chi connectivity index (χ1n) is 6.52. The lowest BCUT2D eigenvalue weighted by Gasteiger charge is -2.18. The molecule has 0 saturated carbocycles. The summed E-state index contributed by atoms with van der Waals surface area (Å²) in [5.74, 6) is 0.710. The highest BCUT2D eigenvalue weighted by atomic mass is 16.2. The molecule has 100 valence electrons. The van der Waals surface area contributed by atoms with Crippen LogP contribution < -0.4 is 5.73 Å². The molecule has 0 aliphatic heterocycles. The molecule has 0 bridgehead atoms. The first-order valence-corrected chi connectivity index (χ1v) is 6.52. The summed E-state index contributed by atoms with van der Waals surface area (Å²) in [5, 5.41) is 0. The quantitative estimate of drug-likeness (QED) is 0.686. The maximum atomic E-state index is 11.5. The summed E-state index contributed by atoms with van der Waals surface area (Å²) in [4.78, 5) is 13.3. The Kier molecular flexibility index (Phi) is 13.9. The van der Waals surface area contributed by atoms with Crippen molar-refractivity contribution in [2.75, 3.05) is 20.1 Å². The smallest absolute Gasteiger partial charge is 0.222 e. The van der Waals surface area contributed by atoms with Crippen LogP contribution in [-0.2, 0) is 4.79 Å². The van der Waals surface area contributed by atoms with Crippen molar-refractivity contribution >= 4 is 5.91 Å². The fourth-order valence-electron chi connectivity index (χ4n) is 1.30. The highest BCUT2D eigenvalue weighted by molar-refractivity contribution is 5.75. The van der Waals surface area contributed by atoms with Gasteiger partial charge in [0, 0.05) is 21.4 Å². The lowest BCUT2D eigenvalue weighted by Crippen LogP contribution is -2.28. The van der Waals surface area contributed by atoms with E-state index in [0.717, 1.165) is 32.4 Å². The summed E-state index contributed by atoms with van der Waals surface area (Å²) in [6, 6.07) is 0. The Morgan fingerprint density at radius 2 is 1.81 bits per heavy atom. The van der Waals surface area contributed by atoms with Gasteiger partial charge in [0.05, 0.1) is 0 Å². The van der Waals surface area contributed by atoms with Gasteiger partial charge in [-0.25, -0.2) is 0 Å². The summed E-state index contributed by atoms with van der Waals surface area (Å²) >= 11 is 0. The lowest BCUT2D eigenvalue weighted by atomic mass is 10.1. The minimum absolute atomic E-state index is 0. The number of unbranched alkanes of at least 4 members (excludes halogenated alkanes) is 2. The number of carbonyl (C=O) groups is 1. The molecule has 1 amide bonds. The number of amides is 1. The molecule has 3 nitrogen and oxygen atoms in total. The Bertz CT molecular complexity index is 163. The summed E-state index contributed by atoms with van der Waals surface area (Å²) in [6.07, 6.45) is 3.91. The Balaban J connectivity index is -0.000000616. The molecule has 0 aromatic carbocycles. The van der Waals surface area contributed by atoms with Crippen LogP contribution in [0.25, 0.3) is 0 Å². The largest absolute Gasteiger partial charge is 0.346 e. The third-order valence-corrected chi connectivity index (χ3v) is 2.21. The van der Waals surface area contributed by atoms with Gasteiger partial charge >= 0.3 is 0 Å². The van der Waals surface area contributed by atoms with Gasteiger partial charge in [-0.15, -0.1) is 0 Å². The zero-order valence-electron chi connectivity index (χ0n) is 11.8. The monoisotopic (exact) mass is 232 g/mol. The Hall–Kier alpha value is -0.570. The molecule has 3 heteroatoms. The van der Waals surface area contributed by atoms with E-state index in [9.17, 15) is 4.79 Å². The van der Waals surface area contributed by atoms with Crippen molar-refractivity contribution in [3.63, 3.8) is 0 Å². The normalized spacial score (nSPS) is 9.69. The fraction of sp³-hybridized carbons (Fsp3) is 0.923. The third kappa shape index (κ3) is 11.5. The minimum Gasteiger partial charge on any atom is -0.346 e. The molecule has 0 aromatic rings. The molecule has 0 heterocycles.